The van der Waals surface area contributed by atoms with Gasteiger partial charge in [0.25, 0.3) is 0 Å². The normalized spacial score (nSPS) is 22.2. The average molecular weight is 212 g/mol. The molecule has 15 heavy (non-hydrogen) atoms. The Labute approximate surface area is 95.4 Å². The van der Waals surface area contributed by atoms with Crippen LogP contribution in [0.1, 0.15) is 47.0 Å². The monoisotopic (exact) mass is 212 g/mol. The first-order valence-electron chi connectivity index (χ1n) is 6.60. The number of piperidine rings is 1. The van der Waals surface area contributed by atoms with Gasteiger partial charge in [-0.1, -0.05) is 20.8 Å². The number of hydrogen-bond donors (Lipinski definition) is 1. The summed E-state index contributed by atoms with van der Waals surface area (Å²) in [6, 6.07) is 1.45. The predicted octanol–water partition coefficient (Wildman–Crippen LogP) is 2.49. The van der Waals surface area contributed by atoms with E-state index >= 15 is 0 Å². The van der Waals surface area contributed by atoms with Gasteiger partial charge in [-0.25, -0.2) is 0 Å². The maximum atomic E-state index is 3.72. The molecule has 1 atom stereocenters. The third-order valence-corrected chi connectivity index (χ3v) is 3.34. The number of likely N-dealkylation sites (tertiary alicyclic amines) is 1. The molecule has 1 heterocycles. The molecular weight excluding hydrogens is 184 g/mol. The van der Waals surface area contributed by atoms with Gasteiger partial charge >= 0.3 is 0 Å². The van der Waals surface area contributed by atoms with E-state index in [1.165, 1.54) is 38.9 Å². The van der Waals surface area contributed by atoms with Crippen molar-refractivity contribution in [3.05, 3.63) is 0 Å². The Kier molecular flexibility index (Phi) is 5.62. The van der Waals surface area contributed by atoms with E-state index in [1.54, 1.807) is 0 Å². The molecule has 0 aromatic carbocycles. The largest absolute Gasteiger partial charge is 0.311 e. The highest BCUT2D eigenvalue weighted by atomic mass is 15.1. The van der Waals surface area contributed by atoms with Crippen LogP contribution >= 0.6 is 0 Å². The van der Waals surface area contributed by atoms with Crippen LogP contribution in [-0.4, -0.2) is 36.6 Å². The SMILES string of the molecule is CCC(C)NC1CCN(CC(C)C)CC1. The number of rotatable bonds is 5. The van der Waals surface area contributed by atoms with Gasteiger partial charge in [0, 0.05) is 18.6 Å². The molecule has 0 bridgehead atoms. The summed E-state index contributed by atoms with van der Waals surface area (Å²) in [6.07, 6.45) is 3.90. The van der Waals surface area contributed by atoms with Gasteiger partial charge in [0.05, 0.1) is 0 Å². The maximum Gasteiger partial charge on any atom is 0.00938 e. The Morgan fingerprint density at radius 1 is 1.20 bits per heavy atom. The van der Waals surface area contributed by atoms with E-state index in [4.69, 9.17) is 0 Å². The number of nitrogens with one attached hydrogen (secondary N) is 1. The molecule has 2 heteroatoms. The van der Waals surface area contributed by atoms with Gasteiger partial charge in [-0.05, 0) is 45.2 Å². The predicted molar refractivity (Wildman–Crippen MR) is 67.2 cm³/mol. The van der Waals surface area contributed by atoms with Crippen molar-refractivity contribution in [1.29, 1.82) is 0 Å². The summed E-state index contributed by atoms with van der Waals surface area (Å²) in [5.41, 5.74) is 0. The minimum absolute atomic E-state index is 0.687. The molecule has 1 saturated heterocycles. The Morgan fingerprint density at radius 3 is 2.27 bits per heavy atom. The lowest BCUT2D eigenvalue weighted by Crippen LogP contribution is -2.46. The Hall–Kier alpha value is -0.0800. The first-order valence-corrected chi connectivity index (χ1v) is 6.60. The number of nitrogens with zero attached hydrogens (tertiary/aromatic N) is 1. The van der Waals surface area contributed by atoms with Gasteiger partial charge in [0.2, 0.25) is 0 Å². The average Bonchev–Trinajstić information content (AvgIpc) is 2.20. The molecule has 0 aromatic rings. The lowest BCUT2D eigenvalue weighted by atomic mass is 10.0. The summed E-state index contributed by atoms with van der Waals surface area (Å²) in [7, 11) is 0. The first kappa shape index (κ1) is 13.0. The summed E-state index contributed by atoms with van der Waals surface area (Å²) in [6.45, 7) is 13.0. The highest BCUT2D eigenvalue weighted by molar-refractivity contribution is 4.79. The maximum absolute atomic E-state index is 3.72. The third-order valence-electron chi connectivity index (χ3n) is 3.34. The molecule has 1 aliphatic heterocycles. The van der Waals surface area contributed by atoms with E-state index in [1.807, 2.05) is 0 Å². The van der Waals surface area contributed by atoms with E-state index in [2.05, 4.69) is 37.9 Å². The zero-order valence-corrected chi connectivity index (χ0v) is 10.9. The van der Waals surface area contributed by atoms with Crippen LogP contribution in [0.2, 0.25) is 0 Å². The Bertz CT molecular complexity index is 160. The topological polar surface area (TPSA) is 15.3 Å². The zero-order chi connectivity index (χ0) is 11.3. The standard InChI is InChI=1S/C13H28N2/c1-5-12(4)14-13-6-8-15(9-7-13)10-11(2)3/h11-14H,5-10H2,1-4H3. The lowest BCUT2D eigenvalue weighted by molar-refractivity contribution is 0.175. The summed E-state index contributed by atoms with van der Waals surface area (Å²) in [4.78, 5) is 2.61. The van der Waals surface area contributed by atoms with E-state index in [-0.39, 0.29) is 0 Å². The van der Waals surface area contributed by atoms with Gasteiger partial charge in [-0.3, -0.25) is 0 Å². The third kappa shape index (κ3) is 4.98. The summed E-state index contributed by atoms with van der Waals surface area (Å²) >= 11 is 0. The fraction of sp³-hybridized carbons (Fsp3) is 1.00. The van der Waals surface area contributed by atoms with Gasteiger partial charge in [0.15, 0.2) is 0 Å². The first-order chi connectivity index (χ1) is 7.11. The van der Waals surface area contributed by atoms with Crippen LogP contribution in [0.3, 0.4) is 0 Å². The molecule has 0 amide bonds. The highest BCUT2D eigenvalue weighted by Gasteiger charge is 2.19. The van der Waals surface area contributed by atoms with E-state index in [9.17, 15) is 0 Å². The lowest BCUT2D eigenvalue weighted by Gasteiger charge is -2.34. The van der Waals surface area contributed by atoms with Crippen LogP contribution in [0.5, 0.6) is 0 Å². The fourth-order valence-corrected chi connectivity index (χ4v) is 2.32. The van der Waals surface area contributed by atoms with Crippen LogP contribution in [0.25, 0.3) is 0 Å². The summed E-state index contributed by atoms with van der Waals surface area (Å²) < 4.78 is 0. The second-order valence-electron chi connectivity index (χ2n) is 5.44. The number of hydrogen-bond acceptors (Lipinski definition) is 2. The zero-order valence-electron chi connectivity index (χ0n) is 10.9. The molecule has 1 fully saturated rings. The molecule has 90 valence electrons. The summed E-state index contributed by atoms with van der Waals surface area (Å²) in [5, 5.41) is 3.72. The molecule has 1 aliphatic rings. The van der Waals surface area contributed by atoms with Crippen molar-refractivity contribution in [2.75, 3.05) is 19.6 Å². The van der Waals surface area contributed by atoms with Crippen LogP contribution in [-0.2, 0) is 0 Å². The van der Waals surface area contributed by atoms with Crippen molar-refractivity contribution >= 4 is 0 Å². The van der Waals surface area contributed by atoms with E-state index < -0.39 is 0 Å². The van der Waals surface area contributed by atoms with Crippen molar-refractivity contribution in [3.8, 4) is 0 Å². The molecule has 0 aliphatic carbocycles. The molecule has 0 saturated carbocycles. The van der Waals surface area contributed by atoms with Crippen LogP contribution in [0, 0.1) is 5.92 Å². The fourth-order valence-electron chi connectivity index (χ4n) is 2.32. The quantitative estimate of drug-likeness (QED) is 0.753. The van der Waals surface area contributed by atoms with Gasteiger partial charge in [-0.15, -0.1) is 0 Å². The highest BCUT2D eigenvalue weighted by Crippen LogP contribution is 2.12. The van der Waals surface area contributed by atoms with E-state index in [0.29, 0.717) is 6.04 Å². The molecule has 0 radical (unpaired) electrons. The Morgan fingerprint density at radius 2 is 1.80 bits per heavy atom. The van der Waals surface area contributed by atoms with Crippen LogP contribution in [0.4, 0.5) is 0 Å². The van der Waals surface area contributed by atoms with Crippen molar-refractivity contribution in [2.24, 2.45) is 5.92 Å². The molecular formula is C13H28N2. The van der Waals surface area contributed by atoms with Crippen LogP contribution in [0.15, 0.2) is 0 Å². The van der Waals surface area contributed by atoms with E-state index in [0.717, 1.165) is 12.0 Å². The van der Waals surface area contributed by atoms with Gasteiger partial charge in [0.1, 0.15) is 0 Å². The van der Waals surface area contributed by atoms with Crippen molar-refractivity contribution in [2.45, 2.75) is 59.0 Å². The molecule has 0 aromatic heterocycles. The van der Waals surface area contributed by atoms with Crippen molar-refractivity contribution in [1.82, 2.24) is 10.2 Å². The molecule has 2 nitrogen and oxygen atoms in total. The van der Waals surface area contributed by atoms with Crippen molar-refractivity contribution in [3.63, 3.8) is 0 Å². The minimum Gasteiger partial charge on any atom is -0.311 e. The Balaban J connectivity index is 2.18. The second-order valence-corrected chi connectivity index (χ2v) is 5.44. The molecule has 1 unspecified atom stereocenters. The van der Waals surface area contributed by atoms with Crippen molar-refractivity contribution < 1.29 is 0 Å². The second kappa shape index (κ2) is 6.49. The molecule has 0 spiro atoms. The van der Waals surface area contributed by atoms with Gasteiger partial charge < -0.3 is 10.2 Å². The summed E-state index contributed by atoms with van der Waals surface area (Å²) in [5.74, 6) is 0.809. The molecule has 1 N–H and O–H groups in total. The smallest absolute Gasteiger partial charge is 0.00938 e. The van der Waals surface area contributed by atoms with Gasteiger partial charge in [-0.2, -0.15) is 0 Å². The minimum atomic E-state index is 0.687. The van der Waals surface area contributed by atoms with Crippen LogP contribution < -0.4 is 5.32 Å². The molecule has 1 rings (SSSR count).